The van der Waals surface area contributed by atoms with Gasteiger partial charge in [0.1, 0.15) is 11.9 Å². The van der Waals surface area contributed by atoms with E-state index < -0.39 is 18.8 Å². The first-order valence-corrected chi connectivity index (χ1v) is 9.71. The van der Waals surface area contributed by atoms with E-state index in [1.165, 1.54) is 4.90 Å². The predicted octanol–water partition coefficient (Wildman–Crippen LogP) is 3.87. The van der Waals surface area contributed by atoms with Gasteiger partial charge in [-0.3, -0.25) is 9.69 Å². The van der Waals surface area contributed by atoms with E-state index in [1.807, 2.05) is 26.0 Å². The molecule has 0 aliphatic carbocycles. The number of ether oxygens (including phenoxy) is 2. The number of alkyl halides is 3. The molecule has 1 saturated heterocycles. The van der Waals surface area contributed by atoms with E-state index in [9.17, 15) is 18.0 Å². The summed E-state index contributed by atoms with van der Waals surface area (Å²) in [5.74, 6) is 0.525. The van der Waals surface area contributed by atoms with Crippen LogP contribution < -0.4 is 9.64 Å². The zero-order chi connectivity index (χ0) is 20.7. The van der Waals surface area contributed by atoms with Crippen LogP contribution in [0.2, 0.25) is 0 Å². The van der Waals surface area contributed by atoms with Gasteiger partial charge in [0.2, 0.25) is 0 Å². The number of piperidine rings is 1. The summed E-state index contributed by atoms with van der Waals surface area (Å²) in [6.07, 6.45) is -3.87. The van der Waals surface area contributed by atoms with Crippen LogP contribution in [0.3, 0.4) is 0 Å². The molecule has 28 heavy (non-hydrogen) atoms. The Kier molecular flexibility index (Phi) is 8.12. The van der Waals surface area contributed by atoms with Gasteiger partial charge in [0.15, 0.2) is 0 Å². The van der Waals surface area contributed by atoms with E-state index in [-0.39, 0.29) is 11.9 Å². The highest BCUT2D eigenvalue weighted by atomic mass is 19.4. The lowest BCUT2D eigenvalue weighted by atomic mass is 10.0. The molecule has 1 heterocycles. The molecule has 5 nitrogen and oxygen atoms in total. The zero-order valence-electron chi connectivity index (χ0n) is 16.7. The van der Waals surface area contributed by atoms with Crippen LogP contribution >= 0.6 is 0 Å². The van der Waals surface area contributed by atoms with Crippen molar-refractivity contribution in [3.05, 3.63) is 24.3 Å². The number of hydrogen-bond acceptors (Lipinski definition) is 4. The summed E-state index contributed by atoms with van der Waals surface area (Å²) in [5.41, 5.74) is 0.703. The molecular weight excluding hydrogens is 373 g/mol. The molecule has 8 heteroatoms. The van der Waals surface area contributed by atoms with E-state index in [4.69, 9.17) is 9.47 Å². The molecule has 1 aromatic rings. The minimum absolute atomic E-state index is 0.169. The fraction of sp³-hybridized carbons (Fsp3) is 0.650. The molecule has 2 rings (SSSR count). The molecule has 0 saturated carbocycles. The van der Waals surface area contributed by atoms with Crippen LogP contribution in [-0.4, -0.2) is 62.0 Å². The van der Waals surface area contributed by atoms with Gasteiger partial charge in [-0.05, 0) is 57.9 Å². The summed E-state index contributed by atoms with van der Waals surface area (Å²) >= 11 is 0. The van der Waals surface area contributed by atoms with Crippen molar-refractivity contribution in [1.82, 2.24) is 4.90 Å². The summed E-state index contributed by atoms with van der Waals surface area (Å²) < 4.78 is 48.9. The second-order valence-corrected chi connectivity index (χ2v) is 6.86. The first kappa shape index (κ1) is 22.5. The highest BCUT2D eigenvalue weighted by molar-refractivity contribution is 5.97. The largest absolute Gasteiger partial charge is 0.494 e. The van der Waals surface area contributed by atoms with Gasteiger partial charge in [-0.1, -0.05) is 0 Å². The smallest absolute Gasteiger partial charge is 0.401 e. The Morgan fingerprint density at radius 3 is 2.29 bits per heavy atom. The second-order valence-electron chi connectivity index (χ2n) is 6.86. The van der Waals surface area contributed by atoms with Crippen molar-refractivity contribution in [3.63, 3.8) is 0 Å². The van der Waals surface area contributed by atoms with Gasteiger partial charge in [-0.25, -0.2) is 0 Å². The van der Waals surface area contributed by atoms with Gasteiger partial charge in [0.05, 0.1) is 13.2 Å². The Labute approximate surface area is 164 Å². The highest BCUT2D eigenvalue weighted by Crippen LogP contribution is 2.28. The standard InChI is InChI=1S/C20H29F3N2O3/c1-4-27-15(3)19(26)25(16-6-8-18(9-7-16)28-5-2)17-10-12-24(13-11-17)14-20(21,22)23/h6-9,15,17H,4-5,10-14H2,1-3H3. The van der Waals surface area contributed by atoms with Crippen molar-refractivity contribution in [1.29, 1.82) is 0 Å². The Hall–Kier alpha value is -1.80. The van der Waals surface area contributed by atoms with Crippen molar-refractivity contribution in [2.24, 2.45) is 0 Å². The van der Waals surface area contributed by atoms with Crippen molar-refractivity contribution in [2.75, 3.05) is 37.7 Å². The Bertz CT molecular complexity index is 614. The van der Waals surface area contributed by atoms with E-state index in [0.29, 0.717) is 50.6 Å². The minimum Gasteiger partial charge on any atom is -0.494 e. The maximum atomic E-state index is 13.0. The summed E-state index contributed by atoms with van der Waals surface area (Å²) in [7, 11) is 0. The summed E-state index contributed by atoms with van der Waals surface area (Å²) in [6.45, 7) is 6.05. The number of anilines is 1. The SMILES string of the molecule is CCOc1ccc(N(C(=O)C(C)OCC)C2CCN(CC(F)(F)F)CC2)cc1. The van der Waals surface area contributed by atoms with Gasteiger partial charge in [0, 0.05) is 31.4 Å². The summed E-state index contributed by atoms with van der Waals surface area (Å²) in [4.78, 5) is 16.1. The van der Waals surface area contributed by atoms with Crippen LogP contribution in [0, 0.1) is 0 Å². The first-order chi connectivity index (χ1) is 13.2. The minimum atomic E-state index is -4.21. The molecule has 1 aliphatic heterocycles. The Morgan fingerprint density at radius 2 is 1.79 bits per heavy atom. The number of amides is 1. The maximum absolute atomic E-state index is 13.0. The van der Waals surface area contributed by atoms with Crippen LogP contribution in [-0.2, 0) is 9.53 Å². The fourth-order valence-corrected chi connectivity index (χ4v) is 3.49. The predicted molar refractivity (Wildman–Crippen MR) is 102 cm³/mol. The highest BCUT2D eigenvalue weighted by Gasteiger charge is 2.36. The second kappa shape index (κ2) is 10.1. The van der Waals surface area contributed by atoms with Crippen molar-refractivity contribution >= 4 is 11.6 Å². The molecule has 0 spiro atoms. The number of rotatable bonds is 8. The number of benzene rings is 1. The molecule has 1 fully saturated rings. The molecule has 1 aromatic carbocycles. The number of hydrogen-bond donors (Lipinski definition) is 0. The lowest BCUT2D eigenvalue weighted by Crippen LogP contribution is -2.51. The topological polar surface area (TPSA) is 42.0 Å². The average Bonchev–Trinajstić information content (AvgIpc) is 2.64. The third kappa shape index (κ3) is 6.38. The van der Waals surface area contributed by atoms with Crippen LogP contribution in [0.25, 0.3) is 0 Å². The normalized spacial score (nSPS) is 17.4. The fourth-order valence-electron chi connectivity index (χ4n) is 3.49. The third-order valence-electron chi connectivity index (χ3n) is 4.75. The van der Waals surface area contributed by atoms with Crippen molar-refractivity contribution < 1.29 is 27.4 Å². The van der Waals surface area contributed by atoms with Crippen LogP contribution in [0.15, 0.2) is 24.3 Å². The molecule has 158 valence electrons. The van der Waals surface area contributed by atoms with E-state index in [1.54, 1.807) is 24.0 Å². The lowest BCUT2D eigenvalue weighted by Gasteiger charge is -2.39. The maximum Gasteiger partial charge on any atom is 0.401 e. The van der Waals surface area contributed by atoms with Gasteiger partial charge in [-0.15, -0.1) is 0 Å². The molecule has 1 amide bonds. The number of carbonyl (C=O) groups is 1. The number of likely N-dealkylation sites (tertiary alicyclic amines) is 1. The van der Waals surface area contributed by atoms with Crippen LogP contribution in [0.1, 0.15) is 33.6 Å². The van der Waals surface area contributed by atoms with Crippen LogP contribution in [0.4, 0.5) is 18.9 Å². The van der Waals surface area contributed by atoms with Gasteiger partial charge in [0.25, 0.3) is 5.91 Å². The summed E-state index contributed by atoms with van der Waals surface area (Å²) in [5, 5.41) is 0. The van der Waals surface area contributed by atoms with Gasteiger partial charge in [-0.2, -0.15) is 13.2 Å². The molecular formula is C20H29F3N2O3. The number of nitrogens with zero attached hydrogens (tertiary/aromatic N) is 2. The van der Waals surface area contributed by atoms with Crippen molar-refractivity contribution in [2.45, 2.75) is 51.9 Å². The van der Waals surface area contributed by atoms with Gasteiger partial charge < -0.3 is 14.4 Å². The lowest BCUT2D eigenvalue weighted by molar-refractivity contribution is -0.148. The van der Waals surface area contributed by atoms with Crippen molar-refractivity contribution in [3.8, 4) is 5.75 Å². The molecule has 0 radical (unpaired) electrons. The molecule has 0 N–H and O–H groups in total. The van der Waals surface area contributed by atoms with Crippen LogP contribution in [0.5, 0.6) is 5.75 Å². The molecule has 1 aliphatic rings. The Morgan fingerprint density at radius 1 is 1.18 bits per heavy atom. The molecule has 0 aromatic heterocycles. The molecule has 0 bridgehead atoms. The quantitative estimate of drug-likeness (QED) is 0.662. The average molecular weight is 402 g/mol. The van der Waals surface area contributed by atoms with E-state index >= 15 is 0 Å². The zero-order valence-corrected chi connectivity index (χ0v) is 16.7. The third-order valence-corrected chi connectivity index (χ3v) is 4.75. The number of carbonyl (C=O) groups excluding carboxylic acids is 1. The molecule has 1 unspecified atom stereocenters. The Balaban J connectivity index is 2.16. The first-order valence-electron chi connectivity index (χ1n) is 9.71. The van der Waals surface area contributed by atoms with Gasteiger partial charge >= 0.3 is 6.18 Å². The monoisotopic (exact) mass is 402 g/mol. The number of halogens is 3. The van der Waals surface area contributed by atoms with E-state index in [2.05, 4.69) is 0 Å². The van der Waals surface area contributed by atoms with E-state index in [0.717, 1.165) is 0 Å². The molecule has 1 atom stereocenters. The summed E-state index contributed by atoms with van der Waals surface area (Å²) in [6, 6.07) is 7.04.